The quantitative estimate of drug-likeness (QED) is 0.807. The number of likely N-dealkylation sites (tertiary alicyclic amines) is 1. The topological polar surface area (TPSA) is 69.7 Å². The molecule has 0 aliphatic carbocycles. The van der Waals surface area contributed by atoms with Crippen LogP contribution < -0.4 is 5.32 Å². The van der Waals surface area contributed by atoms with Gasteiger partial charge in [0.15, 0.2) is 0 Å². The molecule has 0 aromatic heterocycles. The molecule has 1 aromatic rings. The standard InChI is InChI=1S/C20H30FN3O3S/c1-15(2)23-11-9-18(10-12-23)22-20(25)16-7-13-24(14-8-16)28(26,27)19-5-3-17(21)4-6-19/h3-6,15-16,18H,7-14H2,1-2H3,(H,22,25). The van der Waals surface area contributed by atoms with Crippen molar-refractivity contribution in [2.75, 3.05) is 26.2 Å². The van der Waals surface area contributed by atoms with E-state index in [0.29, 0.717) is 32.0 Å². The largest absolute Gasteiger partial charge is 0.353 e. The van der Waals surface area contributed by atoms with Gasteiger partial charge in [-0.05, 0) is 63.8 Å². The molecule has 0 atom stereocenters. The second-order valence-electron chi connectivity index (χ2n) is 8.04. The summed E-state index contributed by atoms with van der Waals surface area (Å²) in [4.78, 5) is 15.1. The van der Waals surface area contributed by atoms with Gasteiger partial charge in [-0.3, -0.25) is 4.79 Å². The van der Waals surface area contributed by atoms with Crippen molar-refractivity contribution in [3.8, 4) is 0 Å². The van der Waals surface area contributed by atoms with E-state index in [2.05, 4.69) is 24.1 Å². The van der Waals surface area contributed by atoms with E-state index in [4.69, 9.17) is 0 Å². The van der Waals surface area contributed by atoms with Gasteiger partial charge in [-0.15, -0.1) is 0 Å². The minimum atomic E-state index is -3.64. The summed E-state index contributed by atoms with van der Waals surface area (Å²) in [5.41, 5.74) is 0. The fourth-order valence-corrected chi connectivity index (χ4v) is 5.46. The van der Waals surface area contributed by atoms with Gasteiger partial charge in [-0.1, -0.05) is 0 Å². The Hall–Kier alpha value is -1.51. The van der Waals surface area contributed by atoms with Gasteiger partial charge in [0.2, 0.25) is 15.9 Å². The maximum absolute atomic E-state index is 13.1. The van der Waals surface area contributed by atoms with Gasteiger partial charge in [0.1, 0.15) is 5.82 Å². The van der Waals surface area contributed by atoms with Crippen LogP contribution in [0.15, 0.2) is 29.2 Å². The van der Waals surface area contributed by atoms with Crippen LogP contribution in [-0.4, -0.2) is 61.8 Å². The van der Waals surface area contributed by atoms with Crippen molar-refractivity contribution in [3.63, 3.8) is 0 Å². The van der Waals surface area contributed by atoms with Crippen LogP contribution in [0.2, 0.25) is 0 Å². The van der Waals surface area contributed by atoms with Crippen molar-refractivity contribution in [3.05, 3.63) is 30.1 Å². The van der Waals surface area contributed by atoms with E-state index in [1.165, 1.54) is 16.4 Å². The van der Waals surface area contributed by atoms with E-state index in [-0.39, 0.29) is 22.8 Å². The zero-order valence-corrected chi connectivity index (χ0v) is 17.4. The molecule has 2 fully saturated rings. The minimum absolute atomic E-state index is 0.0434. The number of rotatable bonds is 5. The van der Waals surface area contributed by atoms with Gasteiger partial charge >= 0.3 is 0 Å². The molecule has 8 heteroatoms. The first-order chi connectivity index (χ1) is 13.3. The summed E-state index contributed by atoms with van der Waals surface area (Å²) in [6.45, 7) is 6.99. The van der Waals surface area contributed by atoms with Crippen molar-refractivity contribution in [2.24, 2.45) is 5.92 Å². The van der Waals surface area contributed by atoms with Crippen molar-refractivity contribution >= 4 is 15.9 Å². The number of nitrogens with one attached hydrogen (secondary N) is 1. The Bertz CT molecular complexity index is 766. The normalized spacial score (nSPS) is 21.1. The summed E-state index contributed by atoms with van der Waals surface area (Å²) in [7, 11) is -3.64. The van der Waals surface area contributed by atoms with Crippen LogP contribution in [-0.2, 0) is 14.8 Å². The smallest absolute Gasteiger partial charge is 0.243 e. The van der Waals surface area contributed by atoms with E-state index >= 15 is 0 Å². The molecule has 1 aromatic carbocycles. The van der Waals surface area contributed by atoms with E-state index in [9.17, 15) is 17.6 Å². The Morgan fingerprint density at radius 3 is 2.14 bits per heavy atom. The third kappa shape index (κ3) is 4.90. The summed E-state index contributed by atoms with van der Waals surface area (Å²) < 4.78 is 39.8. The van der Waals surface area contributed by atoms with Crippen molar-refractivity contribution in [1.29, 1.82) is 0 Å². The van der Waals surface area contributed by atoms with Crippen LogP contribution in [0, 0.1) is 11.7 Å². The minimum Gasteiger partial charge on any atom is -0.353 e. The number of amides is 1. The number of carbonyl (C=O) groups excluding carboxylic acids is 1. The lowest BCUT2D eigenvalue weighted by molar-refractivity contribution is -0.127. The van der Waals surface area contributed by atoms with Crippen molar-refractivity contribution in [2.45, 2.75) is 56.5 Å². The number of sulfonamides is 1. The lowest BCUT2D eigenvalue weighted by atomic mass is 9.95. The highest BCUT2D eigenvalue weighted by molar-refractivity contribution is 7.89. The molecule has 0 radical (unpaired) electrons. The molecule has 1 amide bonds. The molecule has 2 aliphatic heterocycles. The molecule has 3 rings (SSSR count). The number of piperidine rings is 2. The van der Waals surface area contributed by atoms with E-state index in [0.717, 1.165) is 38.1 Å². The Kier molecular flexibility index (Phi) is 6.73. The third-order valence-electron chi connectivity index (χ3n) is 5.88. The summed E-state index contributed by atoms with van der Waals surface area (Å²) in [5.74, 6) is -0.571. The average molecular weight is 412 g/mol. The Morgan fingerprint density at radius 1 is 1.04 bits per heavy atom. The van der Waals surface area contributed by atoms with Crippen LogP contribution in [0.5, 0.6) is 0 Å². The van der Waals surface area contributed by atoms with E-state index in [1.54, 1.807) is 0 Å². The summed E-state index contributed by atoms with van der Waals surface area (Å²) in [6, 6.07) is 5.61. The highest BCUT2D eigenvalue weighted by Crippen LogP contribution is 2.24. The van der Waals surface area contributed by atoms with Gasteiger partial charge in [0.25, 0.3) is 0 Å². The van der Waals surface area contributed by atoms with Crippen molar-refractivity contribution < 1.29 is 17.6 Å². The molecule has 2 aliphatic rings. The number of benzene rings is 1. The summed E-state index contributed by atoms with van der Waals surface area (Å²) in [5, 5.41) is 3.16. The lowest BCUT2D eigenvalue weighted by Crippen LogP contribution is -2.49. The Balaban J connectivity index is 1.49. The molecule has 156 valence electrons. The average Bonchev–Trinajstić information content (AvgIpc) is 2.69. The fraction of sp³-hybridized carbons (Fsp3) is 0.650. The summed E-state index contributed by atoms with van der Waals surface area (Å²) in [6.07, 6.45) is 2.94. The summed E-state index contributed by atoms with van der Waals surface area (Å²) >= 11 is 0. The maximum Gasteiger partial charge on any atom is 0.243 e. The van der Waals surface area contributed by atoms with Crippen LogP contribution in [0.1, 0.15) is 39.5 Å². The Morgan fingerprint density at radius 2 is 1.61 bits per heavy atom. The molecule has 0 saturated carbocycles. The lowest BCUT2D eigenvalue weighted by Gasteiger charge is -2.36. The van der Waals surface area contributed by atoms with E-state index in [1.807, 2.05) is 0 Å². The molecule has 1 N–H and O–H groups in total. The molecule has 0 unspecified atom stereocenters. The number of hydrogen-bond donors (Lipinski definition) is 1. The van der Waals surface area contributed by atoms with Gasteiger partial charge in [0, 0.05) is 44.2 Å². The van der Waals surface area contributed by atoms with Crippen molar-refractivity contribution in [1.82, 2.24) is 14.5 Å². The van der Waals surface area contributed by atoms with Gasteiger partial charge < -0.3 is 10.2 Å². The molecular weight excluding hydrogens is 381 g/mol. The zero-order valence-electron chi connectivity index (χ0n) is 16.6. The Labute approximate surface area is 167 Å². The molecule has 2 heterocycles. The highest BCUT2D eigenvalue weighted by Gasteiger charge is 2.33. The predicted molar refractivity (Wildman–Crippen MR) is 106 cm³/mol. The number of hydrogen-bond acceptors (Lipinski definition) is 4. The second-order valence-corrected chi connectivity index (χ2v) is 9.98. The monoisotopic (exact) mass is 411 g/mol. The number of carbonyl (C=O) groups is 1. The van der Waals surface area contributed by atoms with Gasteiger partial charge in [-0.25, -0.2) is 12.8 Å². The SMILES string of the molecule is CC(C)N1CCC(NC(=O)C2CCN(S(=O)(=O)c3ccc(F)cc3)CC2)CC1. The van der Waals surface area contributed by atoms with E-state index < -0.39 is 15.8 Å². The number of nitrogens with zero attached hydrogens (tertiary/aromatic N) is 2. The first-order valence-corrected chi connectivity index (χ1v) is 11.5. The van der Waals surface area contributed by atoms with Crippen LogP contribution in [0.4, 0.5) is 4.39 Å². The fourth-order valence-electron chi connectivity index (χ4n) is 3.99. The van der Waals surface area contributed by atoms with Gasteiger partial charge in [-0.2, -0.15) is 4.31 Å². The second kappa shape index (κ2) is 8.88. The zero-order chi connectivity index (χ0) is 20.3. The molecule has 6 nitrogen and oxygen atoms in total. The highest BCUT2D eigenvalue weighted by atomic mass is 32.2. The number of halogens is 1. The first kappa shape index (κ1) is 21.2. The van der Waals surface area contributed by atoms with Crippen LogP contribution in [0.3, 0.4) is 0 Å². The molecule has 2 saturated heterocycles. The predicted octanol–water partition coefficient (Wildman–Crippen LogP) is 2.22. The van der Waals surface area contributed by atoms with Gasteiger partial charge in [0.05, 0.1) is 4.90 Å². The van der Waals surface area contributed by atoms with Crippen LogP contribution in [0.25, 0.3) is 0 Å². The maximum atomic E-state index is 13.1. The molecule has 0 bridgehead atoms. The molecular formula is C20H30FN3O3S. The molecule has 0 spiro atoms. The molecule has 28 heavy (non-hydrogen) atoms. The first-order valence-electron chi connectivity index (χ1n) is 10.1. The third-order valence-corrected chi connectivity index (χ3v) is 7.80. The van der Waals surface area contributed by atoms with Crippen LogP contribution >= 0.6 is 0 Å².